The molecule has 3 nitrogen and oxygen atoms in total. The lowest BCUT2D eigenvalue weighted by Gasteiger charge is -2.05. The molecule has 3 aliphatic rings. The quantitative estimate of drug-likeness (QED) is 0.718. The first-order chi connectivity index (χ1) is 10.4. The van der Waals surface area contributed by atoms with Crippen molar-refractivity contribution in [1.82, 2.24) is 0 Å². The van der Waals surface area contributed by atoms with Crippen LogP contribution < -0.4 is 0 Å². The van der Waals surface area contributed by atoms with E-state index in [0.29, 0.717) is 12.2 Å². The second-order valence-electron chi connectivity index (χ2n) is 6.69. The minimum absolute atomic E-state index is 0.392. The van der Waals surface area contributed by atoms with Gasteiger partial charge in [-0.15, -0.1) is 0 Å². The van der Waals surface area contributed by atoms with Gasteiger partial charge in [0.05, 0.1) is 26.4 Å². The molecule has 2 aliphatic heterocycles. The van der Waals surface area contributed by atoms with Crippen molar-refractivity contribution in [1.29, 1.82) is 0 Å². The van der Waals surface area contributed by atoms with Crippen LogP contribution >= 0.6 is 0 Å². The molecule has 0 radical (unpaired) electrons. The van der Waals surface area contributed by atoms with Crippen LogP contribution in [0.25, 0.3) is 0 Å². The predicted octanol–water partition coefficient (Wildman–Crippen LogP) is 4.48. The third-order valence-corrected chi connectivity index (χ3v) is 4.41. The molecule has 3 rings (SSSR count). The Morgan fingerprint density at radius 1 is 0.524 bits per heavy atom. The smallest absolute Gasteiger partial charge is 0.104 e. The molecule has 2 unspecified atom stereocenters. The van der Waals surface area contributed by atoms with Crippen LogP contribution in [0, 0.1) is 0 Å². The summed E-state index contributed by atoms with van der Waals surface area (Å²) in [6.45, 7) is 3.26. The molecule has 0 aromatic rings. The molecule has 21 heavy (non-hydrogen) atoms. The summed E-state index contributed by atoms with van der Waals surface area (Å²) in [6.07, 6.45) is 18.8. The lowest BCUT2D eigenvalue weighted by atomic mass is 10.0. The van der Waals surface area contributed by atoms with Crippen LogP contribution in [0.3, 0.4) is 0 Å². The Morgan fingerprint density at radius 3 is 0.952 bits per heavy atom. The van der Waals surface area contributed by atoms with Gasteiger partial charge in [0.1, 0.15) is 12.2 Å². The third-order valence-electron chi connectivity index (χ3n) is 4.41. The summed E-state index contributed by atoms with van der Waals surface area (Å²) in [6, 6.07) is 0. The van der Waals surface area contributed by atoms with Crippen LogP contribution in [-0.4, -0.2) is 38.6 Å². The van der Waals surface area contributed by atoms with E-state index in [1.807, 2.05) is 0 Å². The highest BCUT2D eigenvalue weighted by Gasteiger charge is 2.26. The van der Waals surface area contributed by atoms with E-state index in [9.17, 15) is 0 Å². The number of rotatable bonds is 4. The zero-order chi connectivity index (χ0) is 14.6. The van der Waals surface area contributed by atoms with E-state index in [1.54, 1.807) is 0 Å². The fourth-order valence-corrected chi connectivity index (χ4v) is 2.78. The van der Waals surface area contributed by atoms with E-state index in [1.165, 1.54) is 77.0 Å². The summed E-state index contributed by atoms with van der Waals surface area (Å²) in [7, 11) is 0. The van der Waals surface area contributed by atoms with E-state index < -0.39 is 0 Å². The van der Waals surface area contributed by atoms with Crippen LogP contribution in [0.1, 0.15) is 77.0 Å². The lowest BCUT2D eigenvalue weighted by Crippen LogP contribution is -2.06. The second kappa shape index (κ2) is 11.4. The monoisotopic (exact) mass is 298 g/mol. The minimum Gasteiger partial charge on any atom is -0.376 e. The summed E-state index contributed by atoms with van der Waals surface area (Å²) in [4.78, 5) is 0. The zero-order valence-electron chi connectivity index (χ0n) is 13.7. The molecule has 2 heterocycles. The van der Waals surface area contributed by atoms with E-state index in [4.69, 9.17) is 14.2 Å². The van der Waals surface area contributed by atoms with Crippen molar-refractivity contribution in [3.63, 3.8) is 0 Å². The minimum atomic E-state index is 0.392. The molecular formula is C18H34O3. The normalized spacial score (nSPS) is 30.3. The fraction of sp³-hybridized carbons (Fsp3) is 1.00. The Morgan fingerprint density at radius 2 is 0.762 bits per heavy atom. The largest absolute Gasteiger partial charge is 0.376 e. The highest BCUT2D eigenvalue weighted by atomic mass is 16.6. The van der Waals surface area contributed by atoms with Crippen molar-refractivity contribution >= 4 is 0 Å². The Labute approximate surface area is 130 Å². The van der Waals surface area contributed by atoms with Gasteiger partial charge in [0.15, 0.2) is 0 Å². The van der Waals surface area contributed by atoms with Crippen molar-refractivity contribution in [2.24, 2.45) is 0 Å². The Balaban J connectivity index is 0.000000159. The van der Waals surface area contributed by atoms with E-state index >= 15 is 0 Å². The van der Waals surface area contributed by atoms with Gasteiger partial charge < -0.3 is 14.2 Å². The van der Waals surface area contributed by atoms with Gasteiger partial charge in [-0.25, -0.2) is 0 Å². The fourth-order valence-electron chi connectivity index (χ4n) is 2.78. The molecule has 0 bridgehead atoms. The van der Waals surface area contributed by atoms with Crippen molar-refractivity contribution in [2.45, 2.75) is 89.3 Å². The number of ether oxygens (including phenoxy) is 3. The number of hydrogen-bond acceptors (Lipinski definition) is 3. The summed E-state index contributed by atoms with van der Waals surface area (Å²) in [5.41, 5.74) is 0. The number of hydrogen-bond donors (Lipinski definition) is 0. The Hall–Kier alpha value is -0.120. The Kier molecular flexibility index (Phi) is 9.40. The highest BCUT2D eigenvalue weighted by Crippen LogP contribution is 2.16. The first kappa shape index (κ1) is 17.2. The summed E-state index contributed by atoms with van der Waals surface area (Å²) >= 11 is 0. The topological polar surface area (TPSA) is 34.3 Å². The first-order valence-electron chi connectivity index (χ1n) is 9.26. The average molecular weight is 298 g/mol. The molecule has 1 saturated carbocycles. The van der Waals surface area contributed by atoms with Gasteiger partial charge in [-0.3, -0.25) is 0 Å². The van der Waals surface area contributed by atoms with Gasteiger partial charge in [-0.2, -0.15) is 0 Å². The second-order valence-corrected chi connectivity index (χ2v) is 6.69. The van der Waals surface area contributed by atoms with E-state index in [0.717, 1.165) is 26.4 Å². The summed E-state index contributed by atoms with van der Waals surface area (Å²) < 4.78 is 15.1. The molecule has 2 saturated heterocycles. The van der Waals surface area contributed by atoms with E-state index in [-0.39, 0.29) is 0 Å². The van der Waals surface area contributed by atoms with Gasteiger partial charge in [0, 0.05) is 0 Å². The molecule has 2 atom stereocenters. The van der Waals surface area contributed by atoms with Gasteiger partial charge in [-0.1, -0.05) is 77.0 Å². The molecule has 0 N–H and O–H groups in total. The molecule has 3 fully saturated rings. The van der Waals surface area contributed by atoms with Crippen LogP contribution in [0.5, 0.6) is 0 Å². The summed E-state index contributed by atoms with van der Waals surface area (Å²) in [5, 5.41) is 0. The van der Waals surface area contributed by atoms with Gasteiger partial charge in [-0.05, 0) is 0 Å². The van der Waals surface area contributed by atoms with Crippen LogP contribution in [0.2, 0.25) is 0 Å². The molecule has 3 heteroatoms. The van der Waals surface area contributed by atoms with Crippen molar-refractivity contribution < 1.29 is 14.2 Å². The highest BCUT2D eigenvalue weighted by molar-refractivity contribution is 4.71. The van der Waals surface area contributed by atoms with Crippen molar-refractivity contribution in [3.8, 4) is 0 Å². The molecule has 0 spiro atoms. The Bertz CT molecular complexity index is 182. The first-order valence-corrected chi connectivity index (χ1v) is 9.26. The maximum absolute atomic E-state index is 5.23. The summed E-state index contributed by atoms with van der Waals surface area (Å²) in [5.74, 6) is 0. The third kappa shape index (κ3) is 11.1. The van der Waals surface area contributed by atoms with Gasteiger partial charge >= 0.3 is 0 Å². The molecule has 1 aliphatic carbocycles. The van der Waals surface area contributed by atoms with Crippen LogP contribution in [0.15, 0.2) is 0 Å². The SMILES string of the molecule is C(OCC1CO1)C1CO1.C1CCCCCCCCCCC1. The van der Waals surface area contributed by atoms with Crippen molar-refractivity contribution in [3.05, 3.63) is 0 Å². The van der Waals surface area contributed by atoms with Crippen molar-refractivity contribution in [2.75, 3.05) is 26.4 Å². The van der Waals surface area contributed by atoms with Gasteiger partial charge in [0.2, 0.25) is 0 Å². The number of epoxide rings is 2. The average Bonchev–Trinajstić information content (AvgIpc) is 3.35. The molecule has 0 aromatic carbocycles. The molecular weight excluding hydrogens is 264 g/mol. The van der Waals surface area contributed by atoms with Gasteiger partial charge in [0.25, 0.3) is 0 Å². The van der Waals surface area contributed by atoms with Crippen LogP contribution in [-0.2, 0) is 14.2 Å². The molecule has 0 amide bonds. The standard InChI is InChI=1S/C12H24.C6H10O3/c1-2-4-6-8-10-12-11-9-7-5-3-1;1(5-3-8-5)7-2-6-4-9-6/h1-12H2;5-6H,1-4H2. The molecule has 0 aromatic heterocycles. The lowest BCUT2D eigenvalue weighted by molar-refractivity contribution is 0.102. The van der Waals surface area contributed by atoms with E-state index in [2.05, 4.69) is 0 Å². The van der Waals surface area contributed by atoms with Crippen LogP contribution in [0.4, 0.5) is 0 Å². The zero-order valence-corrected chi connectivity index (χ0v) is 13.7. The predicted molar refractivity (Wildman–Crippen MR) is 85.7 cm³/mol. The maximum atomic E-state index is 5.23. The maximum Gasteiger partial charge on any atom is 0.104 e. The molecule has 124 valence electrons.